The van der Waals surface area contributed by atoms with Gasteiger partial charge in [-0.3, -0.25) is 4.79 Å². The molecule has 2 N–H and O–H groups in total. The predicted octanol–water partition coefficient (Wildman–Crippen LogP) is 3.69. The molecule has 19 heavy (non-hydrogen) atoms. The van der Waals surface area contributed by atoms with Crippen LogP contribution in [0.5, 0.6) is 0 Å². The van der Waals surface area contributed by atoms with E-state index in [0.29, 0.717) is 12.5 Å². The Balaban J connectivity index is 3.50. The fourth-order valence-electron chi connectivity index (χ4n) is 1.50. The first kappa shape index (κ1) is 17.6. The molecule has 1 atom stereocenters. The van der Waals surface area contributed by atoms with E-state index in [-0.39, 0.29) is 6.42 Å². The first-order chi connectivity index (χ1) is 9.16. The van der Waals surface area contributed by atoms with Gasteiger partial charge in [0.2, 0.25) is 0 Å². The first-order valence-corrected chi connectivity index (χ1v) is 7.07. The summed E-state index contributed by atoms with van der Waals surface area (Å²) in [6.45, 7) is 5.08. The second-order valence-corrected chi connectivity index (χ2v) is 4.54. The standard InChI is InChI=1S/C16H27NO2/c1-3-4-5-6-7-9-12-15(2)17-14-11-8-10-13-16(18)19/h4-5,7-9,11,15,17H,3,6,10,12-14H2,1-2H3,(H,18,19). The molecule has 0 saturated carbocycles. The highest BCUT2D eigenvalue weighted by molar-refractivity contribution is 5.66. The second kappa shape index (κ2) is 13.1. The molecule has 0 aliphatic heterocycles. The molecule has 0 aromatic rings. The van der Waals surface area contributed by atoms with E-state index < -0.39 is 5.97 Å². The smallest absolute Gasteiger partial charge is 0.303 e. The lowest BCUT2D eigenvalue weighted by atomic mass is 10.2. The Morgan fingerprint density at radius 3 is 2.58 bits per heavy atom. The van der Waals surface area contributed by atoms with E-state index >= 15 is 0 Å². The Kier molecular flexibility index (Phi) is 12.2. The molecule has 0 radical (unpaired) electrons. The minimum Gasteiger partial charge on any atom is -0.481 e. The lowest BCUT2D eigenvalue weighted by Crippen LogP contribution is -2.25. The van der Waals surface area contributed by atoms with E-state index in [1.807, 2.05) is 12.2 Å². The van der Waals surface area contributed by atoms with Crippen molar-refractivity contribution < 1.29 is 9.90 Å². The number of nitrogens with one attached hydrogen (secondary N) is 1. The van der Waals surface area contributed by atoms with Crippen molar-refractivity contribution in [2.24, 2.45) is 0 Å². The lowest BCUT2D eigenvalue weighted by molar-refractivity contribution is -0.136. The molecule has 0 heterocycles. The summed E-state index contributed by atoms with van der Waals surface area (Å²) >= 11 is 0. The normalized spacial score (nSPS) is 13.8. The second-order valence-electron chi connectivity index (χ2n) is 4.54. The summed E-state index contributed by atoms with van der Waals surface area (Å²) in [7, 11) is 0. The van der Waals surface area contributed by atoms with E-state index in [0.717, 1.165) is 25.8 Å². The van der Waals surface area contributed by atoms with E-state index in [1.54, 1.807) is 0 Å². The van der Waals surface area contributed by atoms with Gasteiger partial charge in [-0.25, -0.2) is 0 Å². The fraction of sp³-hybridized carbons (Fsp3) is 0.562. The molecule has 0 spiro atoms. The van der Waals surface area contributed by atoms with Crippen LogP contribution in [0.15, 0.2) is 36.5 Å². The zero-order valence-corrected chi connectivity index (χ0v) is 12.1. The van der Waals surface area contributed by atoms with Gasteiger partial charge in [0.15, 0.2) is 0 Å². The van der Waals surface area contributed by atoms with Crippen LogP contribution in [0.3, 0.4) is 0 Å². The number of carbonyl (C=O) groups is 1. The highest BCUT2D eigenvalue weighted by atomic mass is 16.4. The van der Waals surface area contributed by atoms with Crippen LogP contribution >= 0.6 is 0 Å². The van der Waals surface area contributed by atoms with Gasteiger partial charge in [0.05, 0.1) is 0 Å². The third kappa shape index (κ3) is 14.6. The van der Waals surface area contributed by atoms with Crippen LogP contribution in [-0.2, 0) is 4.79 Å². The Bertz CT molecular complexity index is 306. The van der Waals surface area contributed by atoms with E-state index in [4.69, 9.17) is 5.11 Å². The molecular formula is C16H27NO2. The fourth-order valence-corrected chi connectivity index (χ4v) is 1.50. The van der Waals surface area contributed by atoms with Gasteiger partial charge in [0.1, 0.15) is 0 Å². The molecule has 3 heteroatoms. The van der Waals surface area contributed by atoms with Gasteiger partial charge < -0.3 is 10.4 Å². The number of aliphatic carboxylic acids is 1. The Morgan fingerprint density at radius 2 is 1.89 bits per heavy atom. The molecule has 108 valence electrons. The van der Waals surface area contributed by atoms with Crippen molar-refractivity contribution in [1.82, 2.24) is 5.32 Å². The van der Waals surface area contributed by atoms with Gasteiger partial charge in [0, 0.05) is 19.0 Å². The van der Waals surface area contributed by atoms with Gasteiger partial charge >= 0.3 is 5.97 Å². The summed E-state index contributed by atoms with van der Waals surface area (Å²) in [5, 5.41) is 11.8. The van der Waals surface area contributed by atoms with Gasteiger partial charge in [-0.05, 0) is 32.6 Å². The summed E-state index contributed by atoms with van der Waals surface area (Å²) in [6.07, 6.45) is 16.6. The first-order valence-electron chi connectivity index (χ1n) is 7.07. The molecule has 0 amide bonds. The van der Waals surface area contributed by atoms with Crippen LogP contribution in [0.1, 0.15) is 46.0 Å². The minimum absolute atomic E-state index is 0.208. The molecule has 0 aliphatic carbocycles. The van der Waals surface area contributed by atoms with Gasteiger partial charge in [-0.15, -0.1) is 0 Å². The average Bonchev–Trinajstić information content (AvgIpc) is 2.37. The van der Waals surface area contributed by atoms with Crippen LogP contribution < -0.4 is 5.32 Å². The van der Waals surface area contributed by atoms with Crippen molar-refractivity contribution in [2.45, 2.75) is 52.0 Å². The maximum atomic E-state index is 10.3. The molecule has 0 aromatic carbocycles. The van der Waals surface area contributed by atoms with Crippen LogP contribution in [0.4, 0.5) is 0 Å². The molecule has 0 bridgehead atoms. The number of hydrogen-bond acceptors (Lipinski definition) is 2. The van der Waals surface area contributed by atoms with Crippen LogP contribution in [0.2, 0.25) is 0 Å². The number of carboxylic acid groups (broad SMARTS) is 1. The molecule has 3 nitrogen and oxygen atoms in total. The van der Waals surface area contributed by atoms with E-state index in [2.05, 4.69) is 43.5 Å². The van der Waals surface area contributed by atoms with Crippen LogP contribution in [0, 0.1) is 0 Å². The summed E-state index contributed by atoms with van der Waals surface area (Å²) < 4.78 is 0. The summed E-state index contributed by atoms with van der Waals surface area (Å²) in [4.78, 5) is 10.3. The van der Waals surface area contributed by atoms with Gasteiger partial charge in [0.25, 0.3) is 0 Å². The average molecular weight is 265 g/mol. The van der Waals surface area contributed by atoms with E-state index in [1.165, 1.54) is 0 Å². The van der Waals surface area contributed by atoms with Crippen molar-refractivity contribution in [2.75, 3.05) is 6.54 Å². The van der Waals surface area contributed by atoms with Crippen molar-refractivity contribution in [1.29, 1.82) is 0 Å². The quantitative estimate of drug-likeness (QED) is 0.560. The lowest BCUT2D eigenvalue weighted by Gasteiger charge is -2.08. The minimum atomic E-state index is -0.742. The molecular weight excluding hydrogens is 238 g/mol. The zero-order chi connectivity index (χ0) is 14.3. The molecule has 0 aromatic heterocycles. The zero-order valence-electron chi connectivity index (χ0n) is 12.1. The maximum absolute atomic E-state index is 10.3. The molecule has 0 fully saturated rings. The SMILES string of the molecule is CCC=CCC=CCC(C)NCC=CCCC(=O)O. The van der Waals surface area contributed by atoms with Crippen molar-refractivity contribution in [3.05, 3.63) is 36.5 Å². The summed E-state index contributed by atoms with van der Waals surface area (Å²) in [5.41, 5.74) is 0. The number of allylic oxidation sites excluding steroid dienone is 4. The molecule has 0 rings (SSSR count). The Hall–Kier alpha value is -1.35. The van der Waals surface area contributed by atoms with Crippen LogP contribution in [-0.4, -0.2) is 23.7 Å². The highest BCUT2D eigenvalue weighted by Crippen LogP contribution is 1.96. The third-order valence-corrected chi connectivity index (χ3v) is 2.61. The largest absolute Gasteiger partial charge is 0.481 e. The number of carboxylic acids is 1. The van der Waals surface area contributed by atoms with Crippen molar-refractivity contribution in [3.8, 4) is 0 Å². The monoisotopic (exact) mass is 265 g/mol. The maximum Gasteiger partial charge on any atom is 0.303 e. The van der Waals surface area contributed by atoms with E-state index in [9.17, 15) is 4.79 Å². The molecule has 0 aliphatic rings. The molecule has 0 saturated heterocycles. The third-order valence-electron chi connectivity index (χ3n) is 2.61. The van der Waals surface area contributed by atoms with Crippen molar-refractivity contribution in [3.63, 3.8) is 0 Å². The number of hydrogen-bond donors (Lipinski definition) is 2. The van der Waals surface area contributed by atoms with Gasteiger partial charge in [-0.2, -0.15) is 0 Å². The topological polar surface area (TPSA) is 49.3 Å². The summed E-state index contributed by atoms with van der Waals surface area (Å²) in [5.74, 6) is -0.742. The Morgan fingerprint density at radius 1 is 1.16 bits per heavy atom. The summed E-state index contributed by atoms with van der Waals surface area (Å²) in [6, 6.07) is 0.440. The van der Waals surface area contributed by atoms with Crippen molar-refractivity contribution >= 4 is 5.97 Å². The predicted molar refractivity (Wildman–Crippen MR) is 81.3 cm³/mol. The highest BCUT2D eigenvalue weighted by Gasteiger charge is 1.95. The number of rotatable bonds is 11. The van der Waals surface area contributed by atoms with Crippen LogP contribution in [0.25, 0.3) is 0 Å². The Labute approximate surface area is 117 Å². The van der Waals surface area contributed by atoms with Gasteiger partial charge in [-0.1, -0.05) is 43.4 Å². The molecule has 1 unspecified atom stereocenters.